The third kappa shape index (κ3) is 4.96. The Bertz CT molecular complexity index is 859. The van der Waals surface area contributed by atoms with E-state index in [1.54, 1.807) is 4.90 Å². The second kappa shape index (κ2) is 8.95. The first-order valence-electron chi connectivity index (χ1n) is 10.5. The molecule has 0 saturated carbocycles. The number of ether oxygens (including phenoxy) is 1. The van der Waals surface area contributed by atoms with Crippen molar-refractivity contribution >= 4 is 11.8 Å². The van der Waals surface area contributed by atoms with Crippen molar-refractivity contribution in [1.29, 1.82) is 0 Å². The molecule has 7 heteroatoms. The molecule has 2 saturated heterocycles. The molecule has 156 valence electrons. The van der Waals surface area contributed by atoms with Gasteiger partial charge in [-0.2, -0.15) is 4.98 Å². The SMILES string of the molecule is C[C@@H]1CCCN(c2nc(N3CCO[C@H](F)C3)cc(=O)[nH]2)[C@H](Cc2ccccc2)C1. The summed E-state index contributed by atoms with van der Waals surface area (Å²) in [7, 11) is 0. The number of benzene rings is 1. The van der Waals surface area contributed by atoms with E-state index in [2.05, 4.69) is 41.1 Å². The fourth-order valence-electron chi connectivity index (χ4n) is 4.41. The number of nitrogens with one attached hydrogen (secondary N) is 1. The molecule has 29 heavy (non-hydrogen) atoms. The molecule has 6 nitrogen and oxygen atoms in total. The maximum atomic E-state index is 13.7. The van der Waals surface area contributed by atoms with Crippen LogP contribution in [0, 0.1) is 5.92 Å². The molecule has 3 atom stereocenters. The maximum Gasteiger partial charge on any atom is 0.254 e. The normalized spacial score (nSPS) is 25.7. The number of nitrogens with zero attached hydrogens (tertiary/aromatic N) is 3. The summed E-state index contributed by atoms with van der Waals surface area (Å²) in [5, 5.41) is 0. The molecule has 0 bridgehead atoms. The van der Waals surface area contributed by atoms with Gasteiger partial charge < -0.3 is 14.5 Å². The van der Waals surface area contributed by atoms with E-state index in [0.29, 0.717) is 30.8 Å². The van der Waals surface area contributed by atoms with Crippen LogP contribution in [0.3, 0.4) is 0 Å². The van der Waals surface area contributed by atoms with Gasteiger partial charge in [0.05, 0.1) is 13.2 Å². The number of hydrogen-bond acceptors (Lipinski definition) is 5. The van der Waals surface area contributed by atoms with Gasteiger partial charge >= 0.3 is 0 Å². The van der Waals surface area contributed by atoms with Crippen LogP contribution in [0.25, 0.3) is 0 Å². The lowest BCUT2D eigenvalue weighted by Crippen LogP contribution is -2.43. The van der Waals surface area contributed by atoms with Gasteiger partial charge in [0.25, 0.3) is 5.56 Å². The minimum atomic E-state index is -1.35. The van der Waals surface area contributed by atoms with Crippen LogP contribution in [0.5, 0.6) is 0 Å². The number of aromatic nitrogens is 2. The van der Waals surface area contributed by atoms with Gasteiger partial charge in [-0.05, 0) is 37.2 Å². The molecule has 0 radical (unpaired) electrons. The molecular weight excluding hydrogens is 371 g/mol. The third-order valence-electron chi connectivity index (χ3n) is 5.86. The van der Waals surface area contributed by atoms with Crippen LogP contribution < -0.4 is 15.4 Å². The Balaban J connectivity index is 1.63. The van der Waals surface area contributed by atoms with Crippen molar-refractivity contribution in [3.63, 3.8) is 0 Å². The average Bonchev–Trinajstić information content (AvgIpc) is 2.89. The van der Waals surface area contributed by atoms with Gasteiger partial charge in [-0.1, -0.05) is 37.3 Å². The van der Waals surface area contributed by atoms with Crippen molar-refractivity contribution in [1.82, 2.24) is 9.97 Å². The van der Waals surface area contributed by atoms with Crippen LogP contribution in [0.2, 0.25) is 0 Å². The summed E-state index contributed by atoms with van der Waals surface area (Å²) in [5.41, 5.74) is 1.08. The predicted molar refractivity (Wildman–Crippen MR) is 112 cm³/mol. The Kier molecular flexibility index (Phi) is 6.13. The first-order valence-corrected chi connectivity index (χ1v) is 10.5. The largest absolute Gasteiger partial charge is 0.349 e. The molecule has 4 rings (SSSR count). The van der Waals surface area contributed by atoms with E-state index in [9.17, 15) is 9.18 Å². The van der Waals surface area contributed by atoms with Gasteiger partial charge in [0.15, 0.2) is 0 Å². The van der Waals surface area contributed by atoms with Gasteiger partial charge in [0, 0.05) is 25.2 Å². The standard InChI is InChI=1S/C22H29FN4O2/c1-16-6-5-9-27(18(12-16)13-17-7-3-2-4-8-17)22-24-20(14-21(28)25-22)26-10-11-29-19(23)15-26/h2-4,7-8,14,16,18-19H,5-6,9-13,15H2,1H3,(H,24,25,28)/t16-,18+,19+/m1/s1. The molecule has 1 aromatic heterocycles. The highest BCUT2D eigenvalue weighted by molar-refractivity contribution is 5.45. The predicted octanol–water partition coefficient (Wildman–Crippen LogP) is 3.14. The second-order valence-corrected chi connectivity index (χ2v) is 8.17. The van der Waals surface area contributed by atoms with Crippen LogP contribution in [0.1, 0.15) is 31.7 Å². The van der Waals surface area contributed by atoms with E-state index in [4.69, 9.17) is 9.72 Å². The lowest BCUT2D eigenvalue weighted by molar-refractivity contribution is -0.0467. The Labute approximate surface area is 170 Å². The number of rotatable bonds is 4. The van der Waals surface area contributed by atoms with E-state index >= 15 is 0 Å². The second-order valence-electron chi connectivity index (χ2n) is 8.17. The molecule has 1 N–H and O–H groups in total. The van der Waals surface area contributed by atoms with Crippen LogP contribution in [-0.2, 0) is 11.2 Å². The highest BCUT2D eigenvalue weighted by Crippen LogP contribution is 2.28. The van der Waals surface area contributed by atoms with Crippen molar-refractivity contribution in [2.45, 2.75) is 45.0 Å². The number of alkyl halides is 1. The Morgan fingerprint density at radius 3 is 2.90 bits per heavy atom. The number of hydrogen-bond donors (Lipinski definition) is 1. The molecule has 2 fully saturated rings. The topological polar surface area (TPSA) is 61.5 Å². The van der Waals surface area contributed by atoms with Crippen LogP contribution in [-0.4, -0.2) is 48.6 Å². The zero-order chi connectivity index (χ0) is 20.2. The number of morpholine rings is 1. The molecule has 1 aromatic carbocycles. The first kappa shape index (κ1) is 19.9. The summed E-state index contributed by atoms with van der Waals surface area (Å²) in [6, 6.07) is 12.2. The fraction of sp³-hybridized carbons (Fsp3) is 0.545. The molecule has 0 amide bonds. The van der Waals surface area contributed by atoms with Crippen molar-refractivity contribution in [2.75, 3.05) is 36.0 Å². The Morgan fingerprint density at radius 1 is 1.28 bits per heavy atom. The van der Waals surface area contributed by atoms with E-state index < -0.39 is 6.36 Å². The van der Waals surface area contributed by atoms with Crippen molar-refractivity contribution < 1.29 is 9.13 Å². The quantitative estimate of drug-likeness (QED) is 0.854. The monoisotopic (exact) mass is 400 g/mol. The van der Waals surface area contributed by atoms with E-state index in [-0.39, 0.29) is 18.1 Å². The molecule has 2 aliphatic rings. The number of anilines is 2. The molecular formula is C22H29FN4O2. The van der Waals surface area contributed by atoms with E-state index in [0.717, 1.165) is 25.8 Å². The number of halogens is 1. The summed E-state index contributed by atoms with van der Waals surface area (Å²) in [4.78, 5) is 24.1. The van der Waals surface area contributed by atoms with E-state index in [1.807, 2.05) is 6.07 Å². The van der Waals surface area contributed by atoms with Gasteiger partial charge in [0.2, 0.25) is 12.3 Å². The summed E-state index contributed by atoms with van der Waals surface area (Å²) >= 11 is 0. The first-order chi connectivity index (χ1) is 14.1. The fourth-order valence-corrected chi connectivity index (χ4v) is 4.41. The van der Waals surface area contributed by atoms with Crippen molar-refractivity contribution in [3.8, 4) is 0 Å². The Hall–Kier alpha value is -2.41. The molecule has 0 unspecified atom stereocenters. The van der Waals surface area contributed by atoms with Gasteiger partial charge in [-0.25, -0.2) is 4.39 Å². The highest BCUT2D eigenvalue weighted by atomic mass is 19.1. The van der Waals surface area contributed by atoms with Crippen LogP contribution in [0.15, 0.2) is 41.2 Å². The molecule has 0 spiro atoms. The van der Waals surface area contributed by atoms with Crippen LogP contribution >= 0.6 is 0 Å². The summed E-state index contributed by atoms with van der Waals surface area (Å²) in [6.45, 7) is 4.07. The van der Waals surface area contributed by atoms with Crippen molar-refractivity contribution in [2.24, 2.45) is 5.92 Å². The number of H-pyrrole nitrogens is 1. The summed E-state index contributed by atoms with van der Waals surface area (Å²) in [5.74, 6) is 1.73. The van der Waals surface area contributed by atoms with Crippen LogP contribution in [0.4, 0.5) is 16.2 Å². The minimum absolute atomic E-state index is 0.0976. The Morgan fingerprint density at radius 2 is 2.10 bits per heavy atom. The summed E-state index contributed by atoms with van der Waals surface area (Å²) in [6.07, 6.45) is 2.83. The molecule has 2 aromatic rings. The lowest BCUT2D eigenvalue weighted by atomic mass is 9.94. The maximum absolute atomic E-state index is 13.7. The number of aromatic amines is 1. The highest BCUT2D eigenvalue weighted by Gasteiger charge is 2.28. The lowest BCUT2D eigenvalue weighted by Gasteiger charge is -2.33. The van der Waals surface area contributed by atoms with E-state index in [1.165, 1.54) is 18.1 Å². The van der Waals surface area contributed by atoms with Gasteiger partial charge in [-0.3, -0.25) is 9.78 Å². The molecule has 0 aliphatic carbocycles. The summed E-state index contributed by atoms with van der Waals surface area (Å²) < 4.78 is 18.7. The molecule has 3 heterocycles. The van der Waals surface area contributed by atoms with Gasteiger partial charge in [-0.15, -0.1) is 0 Å². The minimum Gasteiger partial charge on any atom is -0.349 e. The smallest absolute Gasteiger partial charge is 0.254 e. The van der Waals surface area contributed by atoms with Crippen molar-refractivity contribution in [3.05, 3.63) is 52.3 Å². The zero-order valence-corrected chi connectivity index (χ0v) is 16.9. The molecule has 2 aliphatic heterocycles. The van der Waals surface area contributed by atoms with Gasteiger partial charge in [0.1, 0.15) is 5.82 Å². The average molecular weight is 400 g/mol. The third-order valence-corrected chi connectivity index (χ3v) is 5.86. The zero-order valence-electron chi connectivity index (χ0n) is 16.9.